The number of ether oxygens (including phenoxy) is 3. The molecule has 0 atom stereocenters. The Labute approximate surface area is 156 Å². The number of rotatable bonds is 9. The molecule has 26 heavy (non-hydrogen) atoms. The first kappa shape index (κ1) is 19.8. The van der Waals surface area contributed by atoms with Gasteiger partial charge in [-0.25, -0.2) is 0 Å². The first-order valence-electron chi connectivity index (χ1n) is 9.02. The van der Waals surface area contributed by atoms with Gasteiger partial charge < -0.3 is 14.2 Å². The van der Waals surface area contributed by atoms with Crippen LogP contribution in [-0.2, 0) is 10.2 Å². The van der Waals surface area contributed by atoms with Gasteiger partial charge in [-0.3, -0.25) is 4.79 Å². The van der Waals surface area contributed by atoms with Crippen molar-refractivity contribution < 1.29 is 19.0 Å². The molecule has 0 aliphatic heterocycles. The van der Waals surface area contributed by atoms with E-state index in [-0.39, 0.29) is 11.4 Å². The fraction of sp³-hybridized carbons (Fsp3) is 0.409. The molecule has 0 radical (unpaired) electrons. The molecule has 0 aliphatic rings. The molecule has 2 aromatic rings. The summed E-state index contributed by atoms with van der Waals surface area (Å²) in [7, 11) is 1.60. The zero-order valence-corrected chi connectivity index (χ0v) is 16.1. The van der Waals surface area contributed by atoms with Gasteiger partial charge in [-0.2, -0.15) is 0 Å². The van der Waals surface area contributed by atoms with E-state index >= 15 is 0 Å². The Morgan fingerprint density at radius 1 is 0.923 bits per heavy atom. The zero-order valence-electron chi connectivity index (χ0n) is 16.1. The van der Waals surface area contributed by atoms with Crippen LogP contribution in [0.1, 0.15) is 45.6 Å². The minimum Gasteiger partial charge on any atom is -0.497 e. The Bertz CT molecular complexity index is 687. The van der Waals surface area contributed by atoms with Crippen molar-refractivity contribution in [3.05, 3.63) is 54.1 Å². The minimum absolute atomic E-state index is 0.170. The number of esters is 1. The van der Waals surface area contributed by atoms with Gasteiger partial charge in [0.05, 0.1) is 13.7 Å². The van der Waals surface area contributed by atoms with E-state index in [1.54, 1.807) is 31.4 Å². The predicted octanol–water partition coefficient (Wildman–Crippen LogP) is 5.15. The Kier molecular flexibility index (Phi) is 7.07. The van der Waals surface area contributed by atoms with E-state index in [0.29, 0.717) is 25.2 Å². The molecule has 4 nitrogen and oxygen atoms in total. The lowest BCUT2D eigenvalue weighted by molar-refractivity contribution is -0.134. The number of methoxy groups -OCH3 is 1. The van der Waals surface area contributed by atoms with Gasteiger partial charge in [0.1, 0.15) is 17.2 Å². The first-order chi connectivity index (χ1) is 12.4. The highest BCUT2D eigenvalue weighted by Crippen LogP contribution is 2.28. The lowest BCUT2D eigenvalue weighted by atomic mass is 9.82. The van der Waals surface area contributed by atoms with Crippen LogP contribution in [0.4, 0.5) is 0 Å². The molecule has 2 rings (SSSR count). The summed E-state index contributed by atoms with van der Waals surface area (Å²) in [5.74, 6) is 1.81. The van der Waals surface area contributed by atoms with Crippen LogP contribution >= 0.6 is 0 Å². The van der Waals surface area contributed by atoms with Crippen molar-refractivity contribution in [2.75, 3.05) is 13.7 Å². The van der Waals surface area contributed by atoms with Gasteiger partial charge >= 0.3 is 5.97 Å². The molecule has 0 heterocycles. The molecule has 0 aliphatic carbocycles. The van der Waals surface area contributed by atoms with Crippen LogP contribution < -0.4 is 14.2 Å². The molecule has 0 spiro atoms. The standard InChI is InChI=1S/C22H28O4/c1-5-22(2,3)17-8-10-19(11-9-17)25-16-6-7-21(23)26-20-14-12-18(24-4)13-15-20/h8-15H,5-7,16H2,1-4H3. The second-order valence-electron chi connectivity index (χ2n) is 6.86. The molecule has 2 aromatic carbocycles. The number of hydrogen-bond donors (Lipinski definition) is 0. The van der Waals surface area contributed by atoms with Gasteiger partial charge in [0.15, 0.2) is 0 Å². The van der Waals surface area contributed by atoms with Crippen molar-refractivity contribution in [2.45, 2.75) is 45.4 Å². The Balaban J connectivity index is 1.71. The van der Waals surface area contributed by atoms with Crippen molar-refractivity contribution in [3.63, 3.8) is 0 Å². The quantitative estimate of drug-likeness (QED) is 0.354. The van der Waals surface area contributed by atoms with E-state index in [2.05, 4.69) is 32.9 Å². The van der Waals surface area contributed by atoms with Gasteiger partial charge in [0, 0.05) is 6.42 Å². The van der Waals surface area contributed by atoms with E-state index < -0.39 is 0 Å². The lowest BCUT2D eigenvalue weighted by Crippen LogP contribution is -2.15. The third-order valence-corrected chi connectivity index (χ3v) is 4.60. The van der Waals surface area contributed by atoms with E-state index in [1.807, 2.05) is 12.1 Å². The molecule has 0 saturated heterocycles. The Morgan fingerprint density at radius 2 is 1.50 bits per heavy atom. The molecule has 140 valence electrons. The van der Waals surface area contributed by atoms with Crippen molar-refractivity contribution >= 4 is 5.97 Å². The van der Waals surface area contributed by atoms with Crippen molar-refractivity contribution in [3.8, 4) is 17.2 Å². The number of carbonyl (C=O) groups excluding carboxylic acids is 1. The summed E-state index contributed by atoms with van der Waals surface area (Å²) in [6.07, 6.45) is 2.01. The SMILES string of the molecule is CCC(C)(C)c1ccc(OCCCC(=O)Oc2ccc(OC)cc2)cc1. The van der Waals surface area contributed by atoms with Crippen molar-refractivity contribution in [2.24, 2.45) is 0 Å². The van der Waals surface area contributed by atoms with Crippen LogP contribution in [0.3, 0.4) is 0 Å². The molecular formula is C22H28O4. The summed E-state index contributed by atoms with van der Waals surface area (Å²) in [5, 5.41) is 0. The first-order valence-corrected chi connectivity index (χ1v) is 9.02. The number of benzene rings is 2. The fourth-order valence-electron chi connectivity index (χ4n) is 2.44. The van der Waals surface area contributed by atoms with Gasteiger partial charge in [-0.05, 0) is 60.2 Å². The van der Waals surface area contributed by atoms with Gasteiger partial charge in [-0.15, -0.1) is 0 Å². The monoisotopic (exact) mass is 356 g/mol. The largest absolute Gasteiger partial charge is 0.497 e. The van der Waals surface area contributed by atoms with E-state index in [9.17, 15) is 4.79 Å². The predicted molar refractivity (Wildman–Crippen MR) is 103 cm³/mol. The summed E-state index contributed by atoms with van der Waals surface area (Å²) in [6.45, 7) is 7.14. The second kappa shape index (κ2) is 9.27. The van der Waals surface area contributed by atoms with Crippen LogP contribution in [0, 0.1) is 0 Å². The summed E-state index contributed by atoms with van der Waals surface area (Å²) >= 11 is 0. The van der Waals surface area contributed by atoms with Gasteiger partial charge in [0.2, 0.25) is 0 Å². The highest BCUT2D eigenvalue weighted by atomic mass is 16.5. The summed E-state index contributed by atoms with van der Waals surface area (Å²) < 4.78 is 16.1. The van der Waals surface area contributed by atoms with Crippen LogP contribution in [0.5, 0.6) is 17.2 Å². The zero-order chi connectivity index (χ0) is 19.0. The van der Waals surface area contributed by atoms with Crippen LogP contribution in [0.25, 0.3) is 0 Å². The highest BCUT2D eigenvalue weighted by molar-refractivity contribution is 5.72. The maximum Gasteiger partial charge on any atom is 0.311 e. The summed E-state index contributed by atoms with van der Waals surface area (Å²) in [5.41, 5.74) is 1.47. The van der Waals surface area contributed by atoms with E-state index in [1.165, 1.54) is 5.56 Å². The van der Waals surface area contributed by atoms with Crippen molar-refractivity contribution in [1.29, 1.82) is 0 Å². The highest BCUT2D eigenvalue weighted by Gasteiger charge is 2.17. The molecule has 0 fully saturated rings. The summed E-state index contributed by atoms with van der Waals surface area (Å²) in [6, 6.07) is 15.1. The normalized spacial score (nSPS) is 11.1. The lowest BCUT2D eigenvalue weighted by Gasteiger charge is -2.23. The molecule has 4 heteroatoms. The molecule has 0 saturated carbocycles. The minimum atomic E-state index is -0.265. The van der Waals surface area contributed by atoms with E-state index in [0.717, 1.165) is 17.9 Å². The Morgan fingerprint density at radius 3 is 2.08 bits per heavy atom. The average Bonchev–Trinajstić information content (AvgIpc) is 2.66. The van der Waals surface area contributed by atoms with Crippen molar-refractivity contribution in [1.82, 2.24) is 0 Å². The maximum atomic E-state index is 11.9. The smallest absolute Gasteiger partial charge is 0.311 e. The van der Waals surface area contributed by atoms with Gasteiger partial charge in [0.25, 0.3) is 0 Å². The molecular weight excluding hydrogens is 328 g/mol. The molecule has 0 N–H and O–H groups in total. The Hall–Kier alpha value is -2.49. The average molecular weight is 356 g/mol. The summed E-state index contributed by atoms with van der Waals surface area (Å²) in [4.78, 5) is 11.9. The molecule has 0 aromatic heterocycles. The second-order valence-corrected chi connectivity index (χ2v) is 6.86. The maximum absolute atomic E-state index is 11.9. The topological polar surface area (TPSA) is 44.8 Å². The molecule has 0 amide bonds. The number of hydrogen-bond acceptors (Lipinski definition) is 4. The van der Waals surface area contributed by atoms with Crippen LogP contribution in [0.2, 0.25) is 0 Å². The fourth-order valence-corrected chi connectivity index (χ4v) is 2.44. The van der Waals surface area contributed by atoms with E-state index in [4.69, 9.17) is 14.2 Å². The van der Waals surface area contributed by atoms with Crippen LogP contribution in [0.15, 0.2) is 48.5 Å². The number of carbonyl (C=O) groups is 1. The van der Waals surface area contributed by atoms with Crippen LogP contribution in [-0.4, -0.2) is 19.7 Å². The third-order valence-electron chi connectivity index (χ3n) is 4.60. The van der Waals surface area contributed by atoms with Gasteiger partial charge in [-0.1, -0.05) is 32.9 Å². The molecule has 0 unspecified atom stereocenters. The third kappa shape index (κ3) is 5.80. The molecule has 0 bridgehead atoms.